The Bertz CT molecular complexity index is 415. The van der Waals surface area contributed by atoms with E-state index in [4.69, 9.17) is 16.3 Å². The van der Waals surface area contributed by atoms with Crippen molar-refractivity contribution in [2.24, 2.45) is 5.92 Å². The third-order valence-corrected chi connectivity index (χ3v) is 4.17. The number of rotatable bonds is 8. The Morgan fingerprint density at radius 2 is 2.11 bits per heavy atom. The Labute approximate surface area is 120 Å². The van der Waals surface area contributed by atoms with Gasteiger partial charge in [-0.1, -0.05) is 36.6 Å². The molecule has 0 heterocycles. The van der Waals surface area contributed by atoms with E-state index in [-0.39, 0.29) is 6.10 Å². The zero-order valence-corrected chi connectivity index (χ0v) is 12.0. The van der Waals surface area contributed by atoms with Crippen LogP contribution in [-0.2, 0) is 4.74 Å². The molecule has 104 valence electrons. The van der Waals surface area contributed by atoms with Crippen LogP contribution in [0.1, 0.15) is 43.8 Å². The summed E-state index contributed by atoms with van der Waals surface area (Å²) < 4.78 is 6.09. The lowest BCUT2D eigenvalue weighted by Crippen LogP contribution is -2.25. The lowest BCUT2D eigenvalue weighted by Gasteiger charge is -2.19. The van der Waals surface area contributed by atoms with Gasteiger partial charge in [0, 0.05) is 24.2 Å². The predicted molar refractivity (Wildman–Crippen MR) is 78.5 cm³/mol. The van der Waals surface area contributed by atoms with Crippen LogP contribution in [0, 0.1) is 5.92 Å². The van der Waals surface area contributed by atoms with Crippen molar-refractivity contribution in [1.29, 1.82) is 0 Å². The monoisotopic (exact) mass is 279 g/mol. The second-order valence-electron chi connectivity index (χ2n) is 5.83. The van der Waals surface area contributed by atoms with Gasteiger partial charge in [0.15, 0.2) is 0 Å². The van der Waals surface area contributed by atoms with Gasteiger partial charge in [0.2, 0.25) is 0 Å². The predicted octanol–water partition coefficient (Wildman–Crippen LogP) is 3.95. The van der Waals surface area contributed by atoms with E-state index >= 15 is 0 Å². The first kappa shape index (κ1) is 13.4. The van der Waals surface area contributed by atoms with E-state index in [9.17, 15) is 0 Å². The van der Waals surface area contributed by atoms with Crippen LogP contribution in [0.15, 0.2) is 24.3 Å². The summed E-state index contributed by atoms with van der Waals surface area (Å²) in [5.41, 5.74) is 1.19. The zero-order valence-electron chi connectivity index (χ0n) is 11.3. The Morgan fingerprint density at radius 1 is 1.26 bits per heavy atom. The smallest absolute Gasteiger partial charge is 0.0949 e. The molecule has 0 spiro atoms. The minimum absolute atomic E-state index is 0.137. The van der Waals surface area contributed by atoms with Crippen LogP contribution in [0.2, 0.25) is 5.02 Å². The summed E-state index contributed by atoms with van der Waals surface area (Å²) >= 11 is 6.08. The Hall–Kier alpha value is -0.570. The maximum Gasteiger partial charge on any atom is 0.0949 e. The number of nitrogens with one attached hydrogen (secondary N) is 1. The van der Waals surface area contributed by atoms with Gasteiger partial charge in [0.05, 0.1) is 6.10 Å². The molecule has 2 aliphatic rings. The van der Waals surface area contributed by atoms with Crippen LogP contribution < -0.4 is 5.32 Å². The third-order valence-electron chi connectivity index (χ3n) is 3.93. The second kappa shape index (κ2) is 6.25. The number of hydrogen-bond acceptors (Lipinski definition) is 2. The van der Waals surface area contributed by atoms with Crippen LogP contribution in [0.4, 0.5) is 0 Å². The zero-order chi connectivity index (χ0) is 13.1. The molecule has 1 unspecified atom stereocenters. The highest BCUT2D eigenvalue weighted by Gasteiger charge is 2.24. The molecule has 1 N–H and O–H groups in total. The third kappa shape index (κ3) is 4.48. The van der Waals surface area contributed by atoms with Crippen molar-refractivity contribution in [3.63, 3.8) is 0 Å². The molecule has 0 saturated heterocycles. The van der Waals surface area contributed by atoms with Crippen molar-refractivity contribution in [3.05, 3.63) is 34.9 Å². The topological polar surface area (TPSA) is 21.3 Å². The SMILES string of the molecule is Clc1cccc(C(CNC2CC2)OCCC2CC2)c1. The lowest BCUT2D eigenvalue weighted by atomic mass is 10.1. The molecule has 0 aliphatic heterocycles. The van der Waals surface area contributed by atoms with Crippen molar-refractivity contribution in [2.75, 3.05) is 13.2 Å². The molecule has 2 aliphatic carbocycles. The average Bonchev–Trinajstić information content (AvgIpc) is 3.26. The largest absolute Gasteiger partial charge is 0.372 e. The van der Waals surface area contributed by atoms with Gasteiger partial charge >= 0.3 is 0 Å². The van der Waals surface area contributed by atoms with Gasteiger partial charge in [-0.3, -0.25) is 0 Å². The van der Waals surface area contributed by atoms with Crippen molar-refractivity contribution < 1.29 is 4.74 Å². The van der Waals surface area contributed by atoms with Crippen LogP contribution in [0.3, 0.4) is 0 Å². The normalized spacial score (nSPS) is 20.5. The van der Waals surface area contributed by atoms with E-state index in [1.165, 1.54) is 37.7 Å². The first-order valence-corrected chi connectivity index (χ1v) is 7.79. The molecule has 1 atom stereocenters. The number of hydrogen-bond donors (Lipinski definition) is 1. The van der Waals surface area contributed by atoms with E-state index in [2.05, 4.69) is 11.4 Å². The molecule has 1 aromatic carbocycles. The van der Waals surface area contributed by atoms with E-state index in [1.54, 1.807) is 0 Å². The molecule has 0 aromatic heterocycles. The molecule has 19 heavy (non-hydrogen) atoms. The van der Waals surface area contributed by atoms with Gasteiger partial charge in [0.1, 0.15) is 0 Å². The first-order chi connectivity index (χ1) is 9.31. The molecule has 0 radical (unpaired) electrons. The van der Waals surface area contributed by atoms with Gasteiger partial charge in [-0.25, -0.2) is 0 Å². The summed E-state index contributed by atoms with van der Waals surface area (Å²) in [4.78, 5) is 0. The number of ether oxygens (including phenoxy) is 1. The van der Waals surface area contributed by atoms with Crippen LogP contribution in [0.5, 0.6) is 0 Å². The summed E-state index contributed by atoms with van der Waals surface area (Å²) in [5, 5.41) is 4.35. The highest BCUT2D eigenvalue weighted by molar-refractivity contribution is 6.30. The number of halogens is 1. The fourth-order valence-electron chi connectivity index (χ4n) is 2.32. The highest BCUT2D eigenvalue weighted by Crippen LogP contribution is 2.33. The minimum Gasteiger partial charge on any atom is -0.372 e. The average molecular weight is 280 g/mol. The van der Waals surface area contributed by atoms with Gasteiger partial charge in [-0.2, -0.15) is 0 Å². The Kier molecular flexibility index (Phi) is 4.42. The standard InChI is InChI=1S/C16H22ClNO/c17-14-3-1-2-13(10-14)16(11-18-15-6-7-15)19-9-8-12-4-5-12/h1-3,10,12,15-16,18H,4-9,11H2. The quantitative estimate of drug-likeness (QED) is 0.778. The van der Waals surface area contributed by atoms with E-state index < -0.39 is 0 Å². The van der Waals surface area contributed by atoms with E-state index in [0.717, 1.165) is 24.1 Å². The van der Waals surface area contributed by atoms with Crippen LogP contribution in [-0.4, -0.2) is 19.2 Å². The summed E-state index contributed by atoms with van der Waals surface area (Å²) in [5.74, 6) is 0.927. The fourth-order valence-corrected chi connectivity index (χ4v) is 2.52. The summed E-state index contributed by atoms with van der Waals surface area (Å²) in [6, 6.07) is 8.78. The van der Waals surface area contributed by atoms with Gasteiger partial charge < -0.3 is 10.1 Å². The number of benzene rings is 1. The molecular formula is C16H22ClNO. The van der Waals surface area contributed by atoms with Crippen molar-refractivity contribution in [3.8, 4) is 0 Å². The maximum absolute atomic E-state index is 6.09. The molecule has 3 heteroatoms. The van der Waals surface area contributed by atoms with Crippen molar-refractivity contribution in [1.82, 2.24) is 5.32 Å². The molecule has 3 rings (SSSR count). The Balaban J connectivity index is 1.55. The van der Waals surface area contributed by atoms with Crippen LogP contribution >= 0.6 is 11.6 Å². The summed E-state index contributed by atoms with van der Waals surface area (Å²) in [6.07, 6.45) is 6.75. The molecule has 0 bridgehead atoms. The molecular weight excluding hydrogens is 258 g/mol. The van der Waals surface area contributed by atoms with E-state index in [1.807, 2.05) is 18.2 Å². The minimum atomic E-state index is 0.137. The first-order valence-electron chi connectivity index (χ1n) is 7.42. The summed E-state index contributed by atoms with van der Waals surface area (Å²) in [6.45, 7) is 1.77. The maximum atomic E-state index is 6.09. The molecule has 2 nitrogen and oxygen atoms in total. The van der Waals surface area contributed by atoms with Crippen LogP contribution in [0.25, 0.3) is 0 Å². The Morgan fingerprint density at radius 3 is 2.79 bits per heavy atom. The molecule has 1 aromatic rings. The molecule has 0 amide bonds. The molecule has 2 saturated carbocycles. The molecule has 2 fully saturated rings. The fraction of sp³-hybridized carbons (Fsp3) is 0.625. The van der Waals surface area contributed by atoms with Gasteiger partial charge in [-0.05, 0) is 42.9 Å². The highest BCUT2D eigenvalue weighted by atomic mass is 35.5. The van der Waals surface area contributed by atoms with Crippen molar-refractivity contribution in [2.45, 2.75) is 44.2 Å². The van der Waals surface area contributed by atoms with E-state index in [0.29, 0.717) is 6.04 Å². The van der Waals surface area contributed by atoms with Gasteiger partial charge in [-0.15, -0.1) is 0 Å². The summed E-state index contributed by atoms with van der Waals surface area (Å²) in [7, 11) is 0. The lowest BCUT2D eigenvalue weighted by molar-refractivity contribution is 0.0483. The van der Waals surface area contributed by atoms with Gasteiger partial charge in [0.25, 0.3) is 0 Å². The second-order valence-corrected chi connectivity index (χ2v) is 6.27. The van der Waals surface area contributed by atoms with Crippen molar-refractivity contribution >= 4 is 11.6 Å².